The molecule has 0 spiro atoms. The summed E-state index contributed by atoms with van der Waals surface area (Å²) in [6, 6.07) is -0.363. The Morgan fingerprint density at radius 3 is 2.25 bits per heavy atom. The van der Waals surface area contributed by atoms with Crippen molar-refractivity contribution in [1.82, 2.24) is 10.6 Å². The van der Waals surface area contributed by atoms with Crippen molar-refractivity contribution in [3.63, 3.8) is 0 Å². The van der Waals surface area contributed by atoms with Crippen LogP contribution in [0.25, 0.3) is 0 Å². The van der Waals surface area contributed by atoms with Gasteiger partial charge in [0.1, 0.15) is 5.54 Å². The highest BCUT2D eigenvalue weighted by molar-refractivity contribution is 5.89. The van der Waals surface area contributed by atoms with Gasteiger partial charge in [-0.1, -0.05) is 19.3 Å². The van der Waals surface area contributed by atoms with E-state index in [1.54, 1.807) is 14.0 Å². The summed E-state index contributed by atoms with van der Waals surface area (Å²) in [5.74, 6) is -1.16. The van der Waals surface area contributed by atoms with Crippen LogP contribution in [0.1, 0.15) is 39.0 Å². The van der Waals surface area contributed by atoms with Crippen LogP contribution in [0.3, 0.4) is 0 Å². The molecular formula is C11H20N2O3. The molecule has 3 N–H and O–H groups in total. The van der Waals surface area contributed by atoms with Gasteiger partial charge >= 0.3 is 5.97 Å². The van der Waals surface area contributed by atoms with Crippen LogP contribution in [0.15, 0.2) is 0 Å². The number of rotatable bonds is 4. The molecule has 0 aromatic heterocycles. The summed E-state index contributed by atoms with van der Waals surface area (Å²) in [4.78, 5) is 23.0. The number of carbonyl (C=O) groups excluding carboxylic acids is 1. The van der Waals surface area contributed by atoms with Crippen LogP contribution in [0.4, 0.5) is 0 Å². The summed E-state index contributed by atoms with van der Waals surface area (Å²) in [6.45, 7) is 1.72. The molecule has 5 heteroatoms. The fourth-order valence-electron chi connectivity index (χ4n) is 2.02. The van der Waals surface area contributed by atoms with E-state index in [0.29, 0.717) is 12.8 Å². The van der Waals surface area contributed by atoms with Crippen molar-refractivity contribution in [1.29, 1.82) is 0 Å². The molecule has 0 saturated heterocycles. The first kappa shape index (κ1) is 13.0. The predicted molar refractivity (Wildman–Crippen MR) is 60.1 cm³/mol. The average molecular weight is 228 g/mol. The average Bonchev–Trinajstić information content (AvgIpc) is 2.28. The van der Waals surface area contributed by atoms with E-state index in [1.807, 2.05) is 0 Å². The van der Waals surface area contributed by atoms with E-state index in [9.17, 15) is 14.7 Å². The zero-order valence-electron chi connectivity index (χ0n) is 9.88. The number of nitrogens with one attached hydrogen (secondary N) is 2. The van der Waals surface area contributed by atoms with E-state index in [1.165, 1.54) is 0 Å². The van der Waals surface area contributed by atoms with Crippen molar-refractivity contribution in [3.05, 3.63) is 0 Å². The van der Waals surface area contributed by atoms with Gasteiger partial charge in [-0.3, -0.25) is 4.79 Å². The first-order valence-electron chi connectivity index (χ1n) is 5.74. The molecule has 92 valence electrons. The van der Waals surface area contributed by atoms with Gasteiger partial charge in [-0.2, -0.15) is 0 Å². The fraction of sp³-hybridized carbons (Fsp3) is 0.818. The van der Waals surface area contributed by atoms with Gasteiger partial charge in [-0.25, -0.2) is 4.79 Å². The number of carbonyl (C=O) groups is 2. The number of carboxylic acid groups (broad SMARTS) is 1. The van der Waals surface area contributed by atoms with Gasteiger partial charge < -0.3 is 15.7 Å². The third kappa shape index (κ3) is 2.72. The molecule has 1 aliphatic carbocycles. The lowest BCUT2D eigenvalue weighted by atomic mass is 9.81. The van der Waals surface area contributed by atoms with Crippen LogP contribution in [-0.4, -0.2) is 35.6 Å². The molecule has 1 aliphatic rings. The van der Waals surface area contributed by atoms with E-state index in [2.05, 4.69) is 10.6 Å². The Hall–Kier alpha value is -1.10. The lowest BCUT2D eigenvalue weighted by Gasteiger charge is -2.34. The summed E-state index contributed by atoms with van der Waals surface area (Å²) >= 11 is 0. The predicted octanol–water partition coefficient (Wildman–Crippen LogP) is 0.498. The van der Waals surface area contributed by atoms with Gasteiger partial charge in [0.05, 0.1) is 6.04 Å². The maximum Gasteiger partial charge on any atom is 0.329 e. The molecule has 16 heavy (non-hydrogen) atoms. The first-order chi connectivity index (χ1) is 7.52. The Kier molecular flexibility index (Phi) is 4.29. The fourth-order valence-corrected chi connectivity index (χ4v) is 2.02. The van der Waals surface area contributed by atoms with Crippen LogP contribution in [0.2, 0.25) is 0 Å². The standard InChI is InChI=1S/C11H20N2O3/c1-8(12-2)9(14)13-11(10(15)16)6-4-3-5-7-11/h8,12H,3-7H2,1-2H3,(H,13,14)(H,15,16). The number of carboxylic acids is 1. The van der Waals surface area contributed by atoms with Crippen LogP contribution in [0, 0.1) is 0 Å². The quantitative estimate of drug-likeness (QED) is 0.654. The minimum atomic E-state index is -1.04. The van der Waals surface area contributed by atoms with Crippen LogP contribution in [0.5, 0.6) is 0 Å². The Bertz CT molecular complexity index is 272. The molecule has 0 radical (unpaired) electrons. The molecule has 5 nitrogen and oxygen atoms in total. The Labute approximate surface area is 95.6 Å². The largest absolute Gasteiger partial charge is 0.480 e. The Balaban J connectivity index is 2.71. The SMILES string of the molecule is CNC(C)C(=O)NC1(C(=O)O)CCCCC1. The molecule has 1 unspecified atom stereocenters. The Morgan fingerprint density at radius 2 is 1.81 bits per heavy atom. The molecule has 1 atom stereocenters. The third-order valence-corrected chi connectivity index (χ3v) is 3.31. The van der Waals surface area contributed by atoms with Crippen molar-refractivity contribution in [3.8, 4) is 0 Å². The van der Waals surface area contributed by atoms with Crippen molar-refractivity contribution in [2.24, 2.45) is 0 Å². The highest BCUT2D eigenvalue weighted by atomic mass is 16.4. The van der Waals surface area contributed by atoms with Crippen molar-refractivity contribution in [2.45, 2.75) is 50.6 Å². The van der Waals surface area contributed by atoms with Crippen molar-refractivity contribution < 1.29 is 14.7 Å². The van der Waals surface area contributed by atoms with Gasteiger partial charge in [0.2, 0.25) is 5.91 Å². The zero-order valence-corrected chi connectivity index (χ0v) is 9.88. The van der Waals surface area contributed by atoms with Crippen molar-refractivity contribution in [2.75, 3.05) is 7.05 Å². The maximum absolute atomic E-state index is 11.7. The van der Waals surface area contributed by atoms with Crippen LogP contribution >= 0.6 is 0 Å². The van der Waals surface area contributed by atoms with E-state index in [0.717, 1.165) is 19.3 Å². The molecule has 1 amide bonds. The molecule has 1 saturated carbocycles. The second-order valence-electron chi connectivity index (χ2n) is 4.45. The highest BCUT2D eigenvalue weighted by Gasteiger charge is 2.41. The van der Waals surface area contributed by atoms with Crippen LogP contribution < -0.4 is 10.6 Å². The number of amides is 1. The number of hydrogen-bond donors (Lipinski definition) is 3. The maximum atomic E-state index is 11.7. The summed E-state index contributed by atoms with van der Waals surface area (Å²) < 4.78 is 0. The van der Waals surface area contributed by atoms with Gasteiger partial charge in [0.25, 0.3) is 0 Å². The summed E-state index contributed by atoms with van der Waals surface area (Å²) in [6.07, 6.45) is 3.84. The molecule has 0 aromatic rings. The molecule has 1 rings (SSSR count). The molecule has 0 bridgehead atoms. The van der Waals surface area contributed by atoms with E-state index >= 15 is 0 Å². The normalized spacial score (nSPS) is 21.1. The number of aliphatic carboxylic acids is 1. The minimum Gasteiger partial charge on any atom is -0.480 e. The van der Waals surface area contributed by atoms with Gasteiger partial charge in [0.15, 0.2) is 0 Å². The Morgan fingerprint density at radius 1 is 1.25 bits per heavy atom. The minimum absolute atomic E-state index is 0.244. The van der Waals surface area contributed by atoms with E-state index in [4.69, 9.17) is 0 Å². The van der Waals surface area contributed by atoms with E-state index < -0.39 is 11.5 Å². The summed E-state index contributed by atoms with van der Waals surface area (Å²) in [5, 5.41) is 14.7. The van der Waals surface area contributed by atoms with Gasteiger partial charge in [-0.15, -0.1) is 0 Å². The van der Waals surface area contributed by atoms with E-state index in [-0.39, 0.29) is 11.9 Å². The topological polar surface area (TPSA) is 78.4 Å². The highest BCUT2D eigenvalue weighted by Crippen LogP contribution is 2.28. The zero-order chi connectivity index (χ0) is 12.2. The lowest BCUT2D eigenvalue weighted by molar-refractivity contribution is -0.149. The molecule has 1 fully saturated rings. The number of likely N-dealkylation sites (N-methyl/N-ethyl adjacent to an activating group) is 1. The molecular weight excluding hydrogens is 208 g/mol. The van der Waals surface area contributed by atoms with Crippen molar-refractivity contribution >= 4 is 11.9 Å². The first-order valence-corrected chi connectivity index (χ1v) is 5.74. The summed E-state index contributed by atoms with van der Waals surface area (Å²) in [7, 11) is 1.68. The molecule has 0 aliphatic heterocycles. The molecule has 0 aromatic carbocycles. The molecule has 0 heterocycles. The monoisotopic (exact) mass is 228 g/mol. The lowest BCUT2D eigenvalue weighted by Crippen LogP contribution is -2.58. The second-order valence-corrected chi connectivity index (χ2v) is 4.45. The number of hydrogen-bond acceptors (Lipinski definition) is 3. The third-order valence-electron chi connectivity index (χ3n) is 3.31. The van der Waals surface area contributed by atoms with Crippen LogP contribution in [-0.2, 0) is 9.59 Å². The summed E-state index contributed by atoms with van der Waals surface area (Å²) in [5.41, 5.74) is -1.04. The smallest absolute Gasteiger partial charge is 0.329 e. The van der Waals surface area contributed by atoms with Gasteiger partial charge in [-0.05, 0) is 26.8 Å². The van der Waals surface area contributed by atoms with Gasteiger partial charge in [0, 0.05) is 0 Å². The second kappa shape index (κ2) is 5.30.